The van der Waals surface area contributed by atoms with Gasteiger partial charge in [-0.1, -0.05) is 50.3 Å². The Kier molecular flexibility index (Phi) is 3.62. The number of fused-ring (bicyclic) bond motifs is 1. The zero-order valence-corrected chi connectivity index (χ0v) is 13.5. The number of piperidine rings is 1. The van der Waals surface area contributed by atoms with Crippen molar-refractivity contribution in [2.75, 3.05) is 18.0 Å². The first-order valence-electron chi connectivity index (χ1n) is 7.54. The van der Waals surface area contributed by atoms with Gasteiger partial charge in [0.2, 0.25) is 0 Å². The fraction of sp³-hybridized carbons (Fsp3) is 0.389. The van der Waals surface area contributed by atoms with Crippen LogP contribution in [-0.2, 0) is 0 Å². The quantitative estimate of drug-likeness (QED) is 0.846. The second-order valence-electron chi connectivity index (χ2n) is 6.73. The van der Waals surface area contributed by atoms with Crippen LogP contribution in [0.4, 0.5) is 5.69 Å². The van der Waals surface area contributed by atoms with Crippen LogP contribution in [0.1, 0.15) is 32.3 Å². The summed E-state index contributed by atoms with van der Waals surface area (Å²) in [6.45, 7) is 6.93. The number of benzene rings is 2. The maximum atomic E-state index is 5.87. The van der Waals surface area contributed by atoms with Gasteiger partial charge in [0.1, 0.15) is 4.99 Å². The van der Waals surface area contributed by atoms with Crippen molar-refractivity contribution in [3.63, 3.8) is 0 Å². The minimum atomic E-state index is 0.376. The highest BCUT2D eigenvalue weighted by atomic mass is 32.1. The van der Waals surface area contributed by atoms with E-state index in [2.05, 4.69) is 49.1 Å². The van der Waals surface area contributed by atoms with E-state index in [1.165, 1.54) is 23.9 Å². The molecule has 0 unspecified atom stereocenters. The van der Waals surface area contributed by atoms with Crippen molar-refractivity contribution >= 4 is 33.7 Å². The van der Waals surface area contributed by atoms with Gasteiger partial charge in [-0.15, -0.1) is 0 Å². The Labute approximate surface area is 131 Å². The van der Waals surface area contributed by atoms with Crippen molar-refractivity contribution < 1.29 is 0 Å². The molecule has 2 nitrogen and oxygen atoms in total. The fourth-order valence-corrected chi connectivity index (χ4v) is 3.58. The number of hydrogen-bond donors (Lipinski definition) is 1. The van der Waals surface area contributed by atoms with E-state index in [-0.39, 0.29) is 0 Å². The smallest absolute Gasteiger partial charge is 0.104 e. The third kappa shape index (κ3) is 2.75. The average Bonchev–Trinajstić information content (AvgIpc) is 2.44. The number of nitrogens with zero attached hydrogens (tertiary/aromatic N) is 1. The molecule has 21 heavy (non-hydrogen) atoms. The van der Waals surface area contributed by atoms with Crippen LogP contribution in [0.15, 0.2) is 36.4 Å². The molecule has 3 heteroatoms. The molecule has 1 aliphatic heterocycles. The van der Waals surface area contributed by atoms with Gasteiger partial charge in [-0.05, 0) is 35.8 Å². The van der Waals surface area contributed by atoms with Crippen LogP contribution in [0.3, 0.4) is 0 Å². The largest absolute Gasteiger partial charge is 0.389 e. The first-order chi connectivity index (χ1) is 9.98. The molecule has 0 atom stereocenters. The molecule has 1 fully saturated rings. The molecule has 0 amide bonds. The van der Waals surface area contributed by atoms with Crippen LogP contribution >= 0.6 is 12.2 Å². The number of thiocarbonyl (C=S) groups is 1. The molecular formula is C18H22N2S. The van der Waals surface area contributed by atoms with Crippen LogP contribution < -0.4 is 10.6 Å². The van der Waals surface area contributed by atoms with Gasteiger partial charge in [0.25, 0.3) is 0 Å². The third-order valence-corrected chi connectivity index (χ3v) is 4.63. The summed E-state index contributed by atoms with van der Waals surface area (Å²) in [5, 5.41) is 2.41. The van der Waals surface area contributed by atoms with Crippen LogP contribution in [0.25, 0.3) is 10.8 Å². The molecule has 2 N–H and O–H groups in total. The van der Waals surface area contributed by atoms with E-state index in [0.29, 0.717) is 10.4 Å². The minimum Gasteiger partial charge on any atom is -0.389 e. The van der Waals surface area contributed by atoms with Crippen LogP contribution in [-0.4, -0.2) is 18.1 Å². The van der Waals surface area contributed by atoms with Crippen LogP contribution in [0.5, 0.6) is 0 Å². The number of hydrogen-bond acceptors (Lipinski definition) is 2. The Morgan fingerprint density at radius 3 is 2.52 bits per heavy atom. The van der Waals surface area contributed by atoms with E-state index in [1.807, 2.05) is 6.07 Å². The van der Waals surface area contributed by atoms with Gasteiger partial charge in [0, 0.05) is 29.7 Å². The summed E-state index contributed by atoms with van der Waals surface area (Å²) in [5.41, 5.74) is 8.52. The maximum Gasteiger partial charge on any atom is 0.104 e. The summed E-state index contributed by atoms with van der Waals surface area (Å²) in [7, 11) is 0. The van der Waals surface area contributed by atoms with Crippen molar-refractivity contribution in [1.29, 1.82) is 0 Å². The standard InChI is InChI=1S/C18H22N2S/c1-18(2)10-5-11-20(12-18)16-9-8-15(17(19)21)13-6-3-4-7-14(13)16/h3-4,6-9H,5,10-12H2,1-2H3,(H2,19,21). The van der Waals surface area contributed by atoms with Gasteiger partial charge in [-0.2, -0.15) is 0 Å². The van der Waals surface area contributed by atoms with Crippen LogP contribution in [0.2, 0.25) is 0 Å². The molecule has 0 spiro atoms. The summed E-state index contributed by atoms with van der Waals surface area (Å²) in [5.74, 6) is 0. The molecular weight excluding hydrogens is 276 g/mol. The maximum absolute atomic E-state index is 5.87. The molecule has 0 saturated carbocycles. The molecule has 2 aromatic carbocycles. The summed E-state index contributed by atoms with van der Waals surface area (Å²) >= 11 is 5.19. The van der Waals surface area contributed by atoms with Gasteiger partial charge in [0.05, 0.1) is 0 Å². The Morgan fingerprint density at radius 2 is 1.86 bits per heavy atom. The zero-order chi connectivity index (χ0) is 15.0. The van der Waals surface area contributed by atoms with Gasteiger partial charge < -0.3 is 10.6 Å². The lowest BCUT2D eigenvalue weighted by Crippen LogP contribution is -2.40. The SMILES string of the molecule is CC1(C)CCCN(c2ccc(C(N)=S)c3ccccc23)C1. The molecule has 2 aromatic rings. The predicted octanol–water partition coefficient (Wildman–Crippen LogP) is 4.10. The van der Waals surface area contributed by atoms with Gasteiger partial charge in [-0.3, -0.25) is 0 Å². The van der Waals surface area contributed by atoms with Gasteiger partial charge in [-0.25, -0.2) is 0 Å². The van der Waals surface area contributed by atoms with E-state index >= 15 is 0 Å². The second-order valence-corrected chi connectivity index (χ2v) is 7.17. The minimum absolute atomic E-state index is 0.376. The predicted molar refractivity (Wildman–Crippen MR) is 95.1 cm³/mol. The normalized spacial score (nSPS) is 17.9. The first-order valence-corrected chi connectivity index (χ1v) is 7.95. The zero-order valence-electron chi connectivity index (χ0n) is 12.7. The first kappa shape index (κ1) is 14.3. The summed E-state index contributed by atoms with van der Waals surface area (Å²) in [6, 6.07) is 12.7. The monoisotopic (exact) mass is 298 g/mol. The Morgan fingerprint density at radius 1 is 1.14 bits per heavy atom. The van der Waals surface area contributed by atoms with Gasteiger partial charge in [0.15, 0.2) is 0 Å². The Hall–Kier alpha value is -1.61. The molecule has 0 radical (unpaired) electrons. The van der Waals surface area contributed by atoms with Crippen LogP contribution in [0, 0.1) is 5.41 Å². The number of rotatable bonds is 2. The Bertz CT molecular complexity index is 691. The highest BCUT2D eigenvalue weighted by Crippen LogP contribution is 2.36. The Balaban J connectivity index is 2.12. The molecule has 0 aromatic heterocycles. The molecule has 1 aliphatic rings. The van der Waals surface area contributed by atoms with E-state index in [0.717, 1.165) is 24.0 Å². The highest BCUT2D eigenvalue weighted by Gasteiger charge is 2.27. The summed E-state index contributed by atoms with van der Waals surface area (Å²) < 4.78 is 0. The van der Waals surface area contributed by atoms with Crippen molar-refractivity contribution in [2.45, 2.75) is 26.7 Å². The van der Waals surface area contributed by atoms with Crippen molar-refractivity contribution in [3.8, 4) is 0 Å². The van der Waals surface area contributed by atoms with E-state index < -0.39 is 0 Å². The molecule has 0 bridgehead atoms. The lowest BCUT2D eigenvalue weighted by Gasteiger charge is -2.40. The van der Waals surface area contributed by atoms with Crippen molar-refractivity contribution in [2.24, 2.45) is 11.1 Å². The van der Waals surface area contributed by atoms with Gasteiger partial charge >= 0.3 is 0 Å². The second kappa shape index (κ2) is 5.30. The van der Waals surface area contributed by atoms with E-state index in [4.69, 9.17) is 18.0 Å². The van der Waals surface area contributed by atoms with E-state index in [1.54, 1.807) is 0 Å². The molecule has 110 valence electrons. The fourth-order valence-electron chi connectivity index (χ4n) is 3.40. The molecule has 3 rings (SSSR count). The molecule has 1 heterocycles. The van der Waals surface area contributed by atoms with Crippen molar-refractivity contribution in [1.82, 2.24) is 0 Å². The lowest BCUT2D eigenvalue weighted by molar-refractivity contribution is 0.293. The average molecular weight is 298 g/mol. The third-order valence-electron chi connectivity index (χ3n) is 4.41. The summed E-state index contributed by atoms with van der Waals surface area (Å²) in [6.07, 6.45) is 2.55. The molecule has 1 saturated heterocycles. The lowest BCUT2D eigenvalue weighted by atomic mass is 9.83. The van der Waals surface area contributed by atoms with E-state index in [9.17, 15) is 0 Å². The van der Waals surface area contributed by atoms with Crippen molar-refractivity contribution in [3.05, 3.63) is 42.0 Å². The summed E-state index contributed by atoms with van der Waals surface area (Å²) in [4.78, 5) is 2.98. The number of anilines is 1. The number of nitrogens with two attached hydrogens (primary N) is 1. The molecule has 0 aliphatic carbocycles. The topological polar surface area (TPSA) is 29.3 Å². The highest BCUT2D eigenvalue weighted by molar-refractivity contribution is 7.80.